The maximum absolute atomic E-state index is 12.5. The molecule has 0 saturated heterocycles. The van der Waals surface area contributed by atoms with Crippen molar-refractivity contribution < 1.29 is 9.53 Å². The number of ether oxygens (including phenoxy) is 1. The Morgan fingerprint density at radius 1 is 1.15 bits per heavy atom. The number of carbonyl (C=O) groups is 1. The Morgan fingerprint density at radius 2 is 1.88 bits per heavy atom. The first-order valence-electron chi connectivity index (χ1n) is 8.25. The predicted molar refractivity (Wildman–Crippen MR) is 98.7 cm³/mol. The topological polar surface area (TPSA) is 67.9 Å². The smallest absolute Gasteiger partial charge is 0.340 e. The van der Waals surface area contributed by atoms with Crippen molar-refractivity contribution in [3.63, 3.8) is 0 Å². The molecule has 0 spiro atoms. The van der Waals surface area contributed by atoms with Gasteiger partial charge in [-0.25, -0.2) is 4.79 Å². The number of rotatable bonds is 4. The third kappa shape index (κ3) is 3.09. The number of hydrogen-bond acceptors (Lipinski definition) is 4. The molecule has 5 nitrogen and oxygen atoms in total. The molecule has 0 saturated carbocycles. The number of carbonyl (C=O) groups excluding carboxylic acids is 1. The van der Waals surface area contributed by atoms with Gasteiger partial charge >= 0.3 is 5.97 Å². The molecule has 0 aliphatic carbocycles. The number of hydrogen-bond donors (Lipinski definition) is 0. The van der Waals surface area contributed by atoms with Crippen molar-refractivity contribution in [2.75, 3.05) is 7.11 Å². The molecule has 0 aliphatic heterocycles. The van der Waals surface area contributed by atoms with Crippen molar-refractivity contribution in [1.82, 2.24) is 9.55 Å². The van der Waals surface area contributed by atoms with E-state index in [4.69, 9.17) is 10.00 Å². The molecular weight excluding hydrogens is 326 g/mol. The molecule has 0 fully saturated rings. The van der Waals surface area contributed by atoms with Crippen LogP contribution in [0.25, 0.3) is 11.1 Å². The first kappa shape index (κ1) is 17.4. The normalized spacial score (nSPS) is 10.4. The molecule has 0 bridgehead atoms. The van der Waals surface area contributed by atoms with Gasteiger partial charge < -0.3 is 9.30 Å². The summed E-state index contributed by atoms with van der Waals surface area (Å²) < 4.78 is 7.09. The van der Waals surface area contributed by atoms with E-state index in [1.165, 1.54) is 7.11 Å². The zero-order valence-corrected chi connectivity index (χ0v) is 15.0. The van der Waals surface area contributed by atoms with E-state index in [1.807, 2.05) is 44.2 Å². The van der Waals surface area contributed by atoms with Crippen molar-refractivity contribution in [3.05, 3.63) is 76.9 Å². The second-order valence-corrected chi connectivity index (χ2v) is 6.01. The van der Waals surface area contributed by atoms with Crippen LogP contribution in [0, 0.1) is 25.2 Å². The van der Waals surface area contributed by atoms with Crippen molar-refractivity contribution >= 4 is 5.97 Å². The molecule has 130 valence electrons. The molecule has 2 aromatic heterocycles. The van der Waals surface area contributed by atoms with Gasteiger partial charge in [0.25, 0.3) is 0 Å². The van der Waals surface area contributed by atoms with E-state index >= 15 is 0 Å². The van der Waals surface area contributed by atoms with Gasteiger partial charge in [-0.15, -0.1) is 0 Å². The zero-order valence-electron chi connectivity index (χ0n) is 15.0. The second-order valence-electron chi connectivity index (χ2n) is 6.01. The average Bonchev–Trinajstić information content (AvgIpc) is 2.93. The van der Waals surface area contributed by atoms with E-state index in [0.717, 1.165) is 28.2 Å². The van der Waals surface area contributed by atoms with Gasteiger partial charge in [-0.3, -0.25) is 4.98 Å². The maximum Gasteiger partial charge on any atom is 0.340 e. The van der Waals surface area contributed by atoms with Crippen LogP contribution in [-0.2, 0) is 11.3 Å². The largest absolute Gasteiger partial charge is 0.465 e. The van der Waals surface area contributed by atoms with Gasteiger partial charge in [-0.1, -0.05) is 18.2 Å². The Morgan fingerprint density at radius 3 is 2.46 bits per heavy atom. The molecular formula is C21H19N3O2. The fourth-order valence-electron chi connectivity index (χ4n) is 3.19. The number of benzene rings is 1. The van der Waals surface area contributed by atoms with Crippen LogP contribution in [0.3, 0.4) is 0 Å². The standard InChI is InChI=1S/C21H19N3O2/c1-14-19(17-9-7-16(12-22)8-10-17)20(21(25)26-3)15(2)24(14)13-18-6-4-5-11-23-18/h4-11H,13H2,1-3H3. The summed E-state index contributed by atoms with van der Waals surface area (Å²) in [4.78, 5) is 16.8. The van der Waals surface area contributed by atoms with Gasteiger partial charge in [-0.05, 0) is 43.7 Å². The molecule has 26 heavy (non-hydrogen) atoms. The number of aromatic nitrogens is 2. The summed E-state index contributed by atoms with van der Waals surface area (Å²) in [6, 6.07) is 15.1. The minimum absolute atomic E-state index is 0.371. The first-order chi connectivity index (χ1) is 12.6. The van der Waals surface area contributed by atoms with Gasteiger partial charge in [0.15, 0.2) is 0 Å². The Kier molecular flexibility index (Phi) is 4.85. The Labute approximate surface area is 152 Å². The average molecular weight is 345 g/mol. The fraction of sp³-hybridized carbons (Fsp3) is 0.190. The van der Waals surface area contributed by atoms with Crippen LogP contribution in [0.5, 0.6) is 0 Å². The van der Waals surface area contributed by atoms with E-state index in [-0.39, 0.29) is 5.97 Å². The Hall–Kier alpha value is -3.39. The summed E-state index contributed by atoms with van der Waals surface area (Å²) in [6.07, 6.45) is 1.76. The van der Waals surface area contributed by atoms with Crippen LogP contribution in [-0.4, -0.2) is 22.6 Å². The highest BCUT2D eigenvalue weighted by atomic mass is 16.5. The predicted octanol–water partition coefficient (Wildman–Crippen LogP) is 3.87. The van der Waals surface area contributed by atoms with Crippen LogP contribution >= 0.6 is 0 Å². The Bertz CT molecular complexity index is 981. The Balaban J connectivity index is 2.17. The minimum Gasteiger partial charge on any atom is -0.465 e. The number of nitrogens with zero attached hydrogens (tertiary/aromatic N) is 3. The summed E-state index contributed by atoms with van der Waals surface area (Å²) in [7, 11) is 1.38. The highest BCUT2D eigenvalue weighted by Gasteiger charge is 2.24. The molecule has 0 N–H and O–H groups in total. The molecule has 0 unspecified atom stereocenters. The summed E-state index contributed by atoms with van der Waals surface area (Å²) in [5, 5.41) is 9.01. The highest BCUT2D eigenvalue weighted by molar-refractivity contribution is 5.99. The van der Waals surface area contributed by atoms with Gasteiger partial charge in [0, 0.05) is 23.1 Å². The second kappa shape index (κ2) is 7.24. The molecule has 1 aromatic carbocycles. The lowest BCUT2D eigenvalue weighted by Gasteiger charge is -2.09. The molecule has 5 heteroatoms. The van der Waals surface area contributed by atoms with E-state index in [2.05, 4.69) is 15.6 Å². The van der Waals surface area contributed by atoms with Crippen LogP contribution in [0.4, 0.5) is 0 Å². The SMILES string of the molecule is COC(=O)c1c(-c2ccc(C#N)cc2)c(C)n(Cc2ccccn2)c1C. The van der Waals surface area contributed by atoms with E-state index < -0.39 is 0 Å². The summed E-state index contributed by atoms with van der Waals surface area (Å²) in [5.74, 6) is -0.371. The highest BCUT2D eigenvalue weighted by Crippen LogP contribution is 2.33. The van der Waals surface area contributed by atoms with Crippen molar-refractivity contribution in [2.45, 2.75) is 20.4 Å². The summed E-state index contributed by atoms with van der Waals surface area (Å²) >= 11 is 0. The minimum atomic E-state index is -0.371. The molecule has 0 atom stereocenters. The lowest BCUT2D eigenvalue weighted by atomic mass is 9.99. The number of nitriles is 1. The quantitative estimate of drug-likeness (QED) is 0.673. The monoisotopic (exact) mass is 345 g/mol. The van der Waals surface area contributed by atoms with Crippen molar-refractivity contribution in [2.24, 2.45) is 0 Å². The van der Waals surface area contributed by atoms with E-state index in [0.29, 0.717) is 17.7 Å². The first-order valence-corrected chi connectivity index (χ1v) is 8.25. The summed E-state index contributed by atoms with van der Waals surface area (Å²) in [6.45, 7) is 4.46. The van der Waals surface area contributed by atoms with Crippen molar-refractivity contribution in [3.8, 4) is 17.2 Å². The van der Waals surface area contributed by atoms with Gasteiger partial charge in [0.05, 0.1) is 36.5 Å². The van der Waals surface area contributed by atoms with Gasteiger partial charge in [0.1, 0.15) is 0 Å². The van der Waals surface area contributed by atoms with Gasteiger partial charge in [-0.2, -0.15) is 5.26 Å². The molecule has 3 aromatic rings. The van der Waals surface area contributed by atoms with Crippen molar-refractivity contribution in [1.29, 1.82) is 5.26 Å². The van der Waals surface area contributed by atoms with Crippen LogP contribution in [0.2, 0.25) is 0 Å². The lowest BCUT2D eigenvalue weighted by Crippen LogP contribution is -2.08. The van der Waals surface area contributed by atoms with E-state index in [1.54, 1.807) is 18.3 Å². The zero-order chi connectivity index (χ0) is 18.7. The van der Waals surface area contributed by atoms with E-state index in [9.17, 15) is 4.79 Å². The molecule has 0 aliphatic rings. The fourth-order valence-corrected chi connectivity index (χ4v) is 3.19. The molecule has 3 rings (SSSR count). The number of esters is 1. The lowest BCUT2D eigenvalue weighted by molar-refractivity contribution is 0.0600. The van der Waals surface area contributed by atoms with Crippen LogP contribution in [0.15, 0.2) is 48.7 Å². The number of pyridine rings is 1. The number of methoxy groups -OCH3 is 1. The molecule has 0 radical (unpaired) electrons. The molecule has 0 amide bonds. The maximum atomic E-state index is 12.5. The van der Waals surface area contributed by atoms with Gasteiger partial charge in [0.2, 0.25) is 0 Å². The third-order valence-corrected chi connectivity index (χ3v) is 4.52. The molecule has 2 heterocycles. The summed E-state index contributed by atoms with van der Waals surface area (Å²) in [5.41, 5.74) is 5.54. The third-order valence-electron chi connectivity index (χ3n) is 4.52. The van der Waals surface area contributed by atoms with Crippen LogP contribution in [0.1, 0.15) is 33.0 Å². The van der Waals surface area contributed by atoms with Crippen LogP contribution < -0.4 is 0 Å².